The number of hydrogen-bond acceptors (Lipinski definition) is 4. The van der Waals surface area contributed by atoms with Crippen molar-refractivity contribution in [3.05, 3.63) is 17.0 Å². The molecule has 0 radical (unpaired) electrons. The second-order valence-corrected chi connectivity index (χ2v) is 8.03. The molecule has 0 aromatic carbocycles. The number of rotatable bonds is 6. The molecule has 1 heterocycles. The van der Waals surface area contributed by atoms with Gasteiger partial charge in [0.25, 0.3) is 0 Å². The van der Waals surface area contributed by atoms with Crippen LogP contribution in [0.25, 0.3) is 0 Å². The summed E-state index contributed by atoms with van der Waals surface area (Å²) >= 11 is 0.782. The van der Waals surface area contributed by atoms with E-state index in [1.165, 1.54) is 12.1 Å². The highest BCUT2D eigenvalue weighted by molar-refractivity contribution is 7.91. The Kier molecular flexibility index (Phi) is 3.98. The van der Waals surface area contributed by atoms with Gasteiger partial charge in [0.15, 0.2) is 0 Å². The third-order valence-electron chi connectivity index (χ3n) is 3.86. The van der Waals surface area contributed by atoms with Crippen LogP contribution in [0.15, 0.2) is 16.3 Å². The molecular formula is C12H17NO4S2. The molecule has 1 fully saturated rings. The Morgan fingerprint density at radius 1 is 1.47 bits per heavy atom. The quantitative estimate of drug-likeness (QED) is 0.844. The molecule has 1 aliphatic carbocycles. The minimum Gasteiger partial charge on any atom is -0.477 e. The number of carbonyl (C=O) groups is 1. The van der Waals surface area contributed by atoms with E-state index in [1.807, 2.05) is 0 Å². The second kappa shape index (κ2) is 5.22. The molecule has 7 heteroatoms. The van der Waals surface area contributed by atoms with Crippen molar-refractivity contribution in [3.8, 4) is 0 Å². The molecule has 2 rings (SSSR count). The van der Waals surface area contributed by atoms with Gasteiger partial charge < -0.3 is 5.11 Å². The van der Waals surface area contributed by atoms with Crippen molar-refractivity contribution >= 4 is 27.3 Å². The summed E-state index contributed by atoms with van der Waals surface area (Å²) in [5.74, 6) is -1.10. The molecule has 5 nitrogen and oxygen atoms in total. The minimum atomic E-state index is -3.59. The molecule has 19 heavy (non-hydrogen) atoms. The van der Waals surface area contributed by atoms with Gasteiger partial charge in [0, 0.05) is 6.54 Å². The summed E-state index contributed by atoms with van der Waals surface area (Å²) in [5, 5.41) is 8.80. The van der Waals surface area contributed by atoms with Gasteiger partial charge in [-0.1, -0.05) is 13.3 Å². The highest BCUT2D eigenvalue weighted by Gasteiger charge is 2.36. The van der Waals surface area contributed by atoms with Crippen LogP contribution in [0.3, 0.4) is 0 Å². The fourth-order valence-electron chi connectivity index (χ4n) is 2.23. The monoisotopic (exact) mass is 303 g/mol. The predicted molar refractivity (Wildman–Crippen MR) is 73.0 cm³/mol. The van der Waals surface area contributed by atoms with E-state index < -0.39 is 16.0 Å². The van der Waals surface area contributed by atoms with Crippen LogP contribution in [0.1, 0.15) is 42.3 Å². The highest BCUT2D eigenvalue weighted by atomic mass is 32.2. The van der Waals surface area contributed by atoms with Gasteiger partial charge in [-0.2, -0.15) is 0 Å². The third-order valence-corrected chi connectivity index (χ3v) is 6.82. The Labute approximate surface area is 116 Å². The third kappa shape index (κ3) is 2.98. The highest BCUT2D eigenvalue weighted by Crippen LogP contribution is 2.43. The van der Waals surface area contributed by atoms with E-state index in [-0.39, 0.29) is 14.5 Å². The van der Waals surface area contributed by atoms with Gasteiger partial charge in [-0.3, -0.25) is 0 Å². The zero-order valence-corrected chi connectivity index (χ0v) is 12.3. The molecule has 0 spiro atoms. The topological polar surface area (TPSA) is 83.5 Å². The van der Waals surface area contributed by atoms with Crippen LogP contribution < -0.4 is 4.72 Å². The summed E-state index contributed by atoms with van der Waals surface area (Å²) in [4.78, 5) is 10.8. The first-order valence-electron chi connectivity index (χ1n) is 6.21. The molecule has 0 aliphatic heterocycles. The van der Waals surface area contributed by atoms with Crippen LogP contribution in [0, 0.1) is 5.41 Å². The van der Waals surface area contributed by atoms with Crippen LogP contribution in [-0.2, 0) is 10.0 Å². The summed E-state index contributed by atoms with van der Waals surface area (Å²) in [6, 6.07) is 2.66. The molecule has 0 saturated heterocycles. The summed E-state index contributed by atoms with van der Waals surface area (Å²) in [5.41, 5.74) is 0.0972. The zero-order chi connectivity index (χ0) is 14.1. The molecule has 2 N–H and O–H groups in total. The molecule has 1 aromatic rings. The Hall–Kier alpha value is -0.920. The van der Waals surface area contributed by atoms with Crippen LogP contribution in [-0.4, -0.2) is 26.0 Å². The SMILES string of the molecule is CCC1(CNS(=O)(=O)c2ccc(C(=O)O)s2)CCC1. The maximum absolute atomic E-state index is 12.1. The van der Waals surface area contributed by atoms with Crippen LogP contribution in [0.5, 0.6) is 0 Å². The van der Waals surface area contributed by atoms with E-state index >= 15 is 0 Å². The second-order valence-electron chi connectivity index (χ2n) is 4.96. The number of nitrogens with one attached hydrogen (secondary N) is 1. The molecule has 106 valence electrons. The fourth-order valence-corrected chi connectivity index (χ4v) is 4.58. The first-order chi connectivity index (χ1) is 8.88. The normalized spacial score (nSPS) is 17.9. The Bertz CT molecular complexity index is 567. The molecule has 1 saturated carbocycles. The largest absolute Gasteiger partial charge is 0.477 e. The van der Waals surface area contributed by atoms with E-state index in [0.29, 0.717) is 6.54 Å². The van der Waals surface area contributed by atoms with Crippen molar-refractivity contribution in [2.24, 2.45) is 5.41 Å². The van der Waals surface area contributed by atoms with Crippen molar-refractivity contribution in [1.82, 2.24) is 4.72 Å². The summed E-state index contributed by atoms with van der Waals surface area (Å²) in [7, 11) is -3.59. The first kappa shape index (κ1) is 14.5. The van der Waals surface area contributed by atoms with Crippen LogP contribution in [0.2, 0.25) is 0 Å². The molecule has 0 unspecified atom stereocenters. The zero-order valence-electron chi connectivity index (χ0n) is 10.7. The summed E-state index contributed by atoms with van der Waals surface area (Å²) < 4.78 is 26.8. The lowest BCUT2D eigenvalue weighted by molar-refractivity contribution is 0.0702. The van der Waals surface area contributed by atoms with Gasteiger partial charge in [-0.05, 0) is 36.8 Å². The van der Waals surface area contributed by atoms with Gasteiger partial charge in [-0.15, -0.1) is 11.3 Å². The average molecular weight is 303 g/mol. The fraction of sp³-hybridized carbons (Fsp3) is 0.583. The van der Waals surface area contributed by atoms with E-state index in [2.05, 4.69) is 11.6 Å². The first-order valence-corrected chi connectivity index (χ1v) is 8.51. The number of aromatic carboxylic acids is 1. The van der Waals surface area contributed by atoms with Crippen molar-refractivity contribution in [2.75, 3.05) is 6.54 Å². The Balaban J connectivity index is 2.07. The lowest BCUT2D eigenvalue weighted by atomic mass is 9.67. The number of sulfonamides is 1. The molecular weight excluding hydrogens is 286 g/mol. The van der Waals surface area contributed by atoms with Crippen molar-refractivity contribution in [3.63, 3.8) is 0 Å². The van der Waals surface area contributed by atoms with Crippen LogP contribution >= 0.6 is 11.3 Å². The average Bonchev–Trinajstić information content (AvgIpc) is 2.78. The number of carboxylic acid groups (broad SMARTS) is 1. The minimum absolute atomic E-state index is 0.0363. The van der Waals surface area contributed by atoms with E-state index in [1.54, 1.807) is 0 Å². The number of carboxylic acids is 1. The van der Waals surface area contributed by atoms with Gasteiger partial charge in [0.05, 0.1) is 0 Å². The van der Waals surface area contributed by atoms with Gasteiger partial charge >= 0.3 is 5.97 Å². The van der Waals surface area contributed by atoms with E-state index in [0.717, 1.165) is 37.0 Å². The predicted octanol–water partition coefficient (Wildman–Crippen LogP) is 2.30. The van der Waals surface area contributed by atoms with Crippen molar-refractivity contribution in [2.45, 2.75) is 36.8 Å². The van der Waals surface area contributed by atoms with Crippen molar-refractivity contribution in [1.29, 1.82) is 0 Å². The lowest BCUT2D eigenvalue weighted by Crippen LogP contribution is -2.41. The summed E-state index contributed by atoms with van der Waals surface area (Å²) in [6.07, 6.45) is 4.21. The number of thiophene rings is 1. The van der Waals surface area contributed by atoms with Gasteiger partial charge in [0.2, 0.25) is 10.0 Å². The maximum atomic E-state index is 12.1. The standard InChI is InChI=1S/C12H17NO4S2/c1-2-12(6-3-7-12)8-13-19(16,17)10-5-4-9(18-10)11(14)15/h4-5,13H,2-3,6-8H2,1H3,(H,14,15). The number of hydrogen-bond donors (Lipinski definition) is 2. The molecule has 0 bridgehead atoms. The molecule has 1 aromatic heterocycles. The van der Waals surface area contributed by atoms with Crippen LogP contribution in [0.4, 0.5) is 0 Å². The maximum Gasteiger partial charge on any atom is 0.345 e. The summed E-state index contributed by atoms with van der Waals surface area (Å²) in [6.45, 7) is 2.51. The Morgan fingerprint density at radius 2 is 2.16 bits per heavy atom. The van der Waals surface area contributed by atoms with Gasteiger partial charge in [0.1, 0.15) is 9.09 Å². The molecule has 0 amide bonds. The lowest BCUT2D eigenvalue weighted by Gasteiger charge is -2.41. The smallest absolute Gasteiger partial charge is 0.345 e. The molecule has 0 atom stereocenters. The Morgan fingerprint density at radius 3 is 2.58 bits per heavy atom. The van der Waals surface area contributed by atoms with Crippen molar-refractivity contribution < 1.29 is 18.3 Å². The van der Waals surface area contributed by atoms with E-state index in [9.17, 15) is 13.2 Å². The van der Waals surface area contributed by atoms with E-state index in [4.69, 9.17) is 5.11 Å². The molecule has 1 aliphatic rings. The van der Waals surface area contributed by atoms with Gasteiger partial charge in [-0.25, -0.2) is 17.9 Å².